The molecule has 3 N–H and O–H groups in total. The predicted octanol–water partition coefficient (Wildman–Crippen LogP) is 3.74. The molecule has 1 atom stereocenters. The third-order valence-corrected chi connectivity index (χ3v) is 4.78. The van der Waals surface area contributed by atoms with Crippen molar-refractivity contribution in [3.05, 3.63) is 65.5 Å². The van der Waals surface area contributed by atoms with Crippen molar-refractivity contribution in [3.63, 3.8) is 0 Å². The summed E-state index contributed by atoms with van der Waals surface area (Å²) in [5.41, 5.74) is 3.50. The van der Waals surface area contributed by atoms with E-state index >= 15 is 0 Å². The molecule has 0 saturated carbocycles. The van der Waals surface area contributed by atoms with Crippen molar-refractivity contribution in [1.82, 2.24) is 15.3 Å². The first kappa shape index (κ1) is 19.6. The van der Waals surface area contributed by atoms with Gasteiger partial charge in [-0.1, -0.05) is 45.0 Å². The third-order valence-electron chi connectivity index (χ3n) is 4.78. The normalized spacial score (nSPS) is 12.7. The van der Waals surface area contributed by atoms with E-state index in [1.54, 1.807) is 12.4 Å². The van der Waals surface area contributed by atoms with Crippen molar-refractivity contribution < 1.29 is 14.7 Å². The largest absolute Gasteiger partial charge is 0.481 e. The lowest BCUT2D eigenvalue weighted by atomic mass is 9.86. The van der Waals surface area contributed by atoms with Crippen molar-refractivity contribution in [2.75, 3.05) is 0 Å². The van der Waals surface area contributed by atoms with E-state index in [1.807, 2.05) is 36.4 Å². The topological polar surface area (TPSA) is 95.1 Å². The summed E-state index contributed by atoms with van der Waals surface area (Å²) in [6.07, 6.45) is 3.44. The van der Waals surface area contributed by atoms with E-state index in [9.17, 15) is 14.7 Å². The molecule has 146 valence electrons. The van der Waals surface area contributed by atoms with Crippen molar-refractivity contribution in [3.8, 4) is 0 Å². The molecule has 6 heteroatoms. The SMILES string of the molecule is CC(C)(C)c1ccc(C(CC(=O)O)NC(=O)Cc2c[nH]c3ncccc23)cc1. The zero-order valence-electron chi connectivity index (χ0n) is 16.3. The molecular weight excluding hydrogens is 354 g/mol. The van der Waals surface area contributed by atoms with Gasteiger partial charge in [0.05, 0.1) is 18.9 Å². The number of rotatable bonds is 6. The molecule has 1 amide bonds. The smallest absolute Gasteiger partial charge is 0.305 e. The summed E-state index contributed by atoms with van der Waals surface area (Å²) in [6.45, 7) is 6.36. The Morgan fingerprint density at radius 2 is 1.89 bits per heavy atom. The number of amides is 1. The number of carboxylic acids is 1. The number of aliphatic carboxylic acids is 1. The molecule has 0 aliphatic carbocycles. The molecule has 0 bridgehead atoms. The van der Waals surface area contributed by atoms with Crippen LogP contribution in [0.4, 0.5) is 0 Å². The van der Waals surface area contributed by atoms with Crippen LogP contribution in [0.2, 0.25) is 0 Å². The minimum Gasteiger partial charge on any atom is -0.481 e. The monoisotopic (exact) mass is 379 g/mol. The van der Waals surface area contributed by atoms with Gasteiger partial charge in [0.25, 0.3) is 0 Å². The molecule has 3 rings (SSSR count). The van der Waals surface area contributed by atoms with Crippen molar-refractivity contribution in [1.29, 1.82) is 0 Å². The van der Waals surface area contributed by atoms with Crippen LogP contribution in [0.1, 0.15) is 49.9 Å². The maximum Gasteiger partial charge on any atom is 0.305 e. The van der Waals surface area contributed by atoms with Gasteiger partial charge in [-0.2, -0.15) is 0 Å². The van der Waals surface area contributed by atoms with Gasteiger partial charge in [0, 0.05) is 17.8 Å². The van der Waals surface area contributed by atoms with Gasteiger partial charge in [-0.3, -0.25) is 9.59 Å². The first-order valence-corrected chi connectivity index (χ1v) is 9.26. The Kier molecular flexibility index (Phi) is 5.49. The Hall–Kier alpha value is -3.15. The molecule has 0 radical (unpaired) electrons. The molecule has 0 saturated heterocycles. The summed E-state index contributed by atoms with van der Waals surface area (Å²) in [5.74, 6) is -1.18. The highest BCUT2D eigenvalue weighted by Gasteiger charge is 2.20. The van der Waals surface area contributed by atoms with Crippen LogP contribution in [0.15, 0.2) is 48.8 Å². The molecular formula is C22H25N3O3. The molecule has 0 fully saturated rings. The number of aromatic amines is 1. The van der Waals surface area contributed by atoms with E-state index in [1.165, 1.54) is 0 Å². The number of benzene rings is 1. The number of fused-ring (bicyclic) bond motifs is 1. The zero-order chi connectivity index (χ0) is 20.3. The number of H-pyrrole nitrogens is 1. The summed E-state index contributed by atoms with van der Waals surface area (Å²) >= 11 is 0. The van der Waals surface area contributed by atoms with E-state index in [2.05, 4.69) is 36.1 Å². The average molecular weight is 379 g/mol. The van der Waals surface area contributed by atoms with Gasteiger partial charge < -0.3 is 15.4 Å². The second-order valence-corrected chi connectivity index (χ2v) is 7.98. The molecule has 2 aromatic heterocycles. The van der Waals surface area contributed by atoms with Gasteiger partial charge in [-0.05, 0) is 34.2 Å². The zero-order valence-corrected chi connectivity index (χ0v) is 16.3. The maximum atomic E-state index is 12.6. The van der Waals surface area contributed by atoms with Crippen LogP contribution in [-0.2, 0) is 21.4 Å². The van der Waals surface area contributed by atoms with Gasteiger partial charge in [0.2, 0.25) is 5.91 Å². The standard InChI is InChI=1S/C22H25N3O3/c1-22(2,3)16-8-6-14(7-9-16)18(12-20(27)28)25-19(26)11-15-13-24-21-17(15)5-4-10-23-21/h4-10,13,18H,11-12H2,1-3H3,(H,23,24)(H,25,26)(H,27,28). The Labute approximate surface area is 164 Å². The lowest BCUT2D eigenvalue weighted by Gasteiger charge is -2.22. The van der Waals surface area contributed by atoms with Crippen LogP contribution in [0.25, 0.3) is 11.0 Å². The summed E-state index contributed by atoms with van der Waals surface area (Å²) in [4.78, 5) is 31.2. The van der Waals surface area contributed by atoms with Crippen molar-refractivity contribution >= 4 is 22.9 Å². The fourth-order valence-corrected chi connectivity index (χ4v) is 3.22. The van der Waals surface area contributed by atoms with Crippen LogP contribution in [0.5, 0.6) is 0 Å². The molecule has 6 nitrogen and oxygen atoms in total. The summed E-state index contributed by atoms with van der Waals surface area (Å²) in [6, 6.07) is 10.9. The second kappa shape index (κ2) is 7.84. The fraction of sp³-hybridized carbons (Fsp3) is 0.318. The molecule has 0 aliphatic heterocycles. The number of pyridine rings is 1. The summed E-state index contributed by atoms with van der Waals surface area (Å²) in [7, 11) is 0. The van der Waals surface area contributed by atoms with E-state index in [0.717, 1.165) is 27.7 Å². The quantitative estimate of drug-likeness (QED) is 0.608. The van der Waals surface area contributed by atoms with Gasteiger partial charge in [0.1, 0.15) is 5.65 Å². The van der Waals surface area contributed by atoms with Crippen LogP contribution in [0.3, 0.4) is 0 Å². The molecule has 1 unspecified atom stereocenters. The molecule has 2 heterocycles. The molecule has 0 spiro atoms. The Morgan fingerprint density at radius 1 is 1.18 bits per heavy atom. The lowest BCUT2D eigenvalue weighted by molar-refractivity contribution is -0.137. The first-order chi connectivity index (χ1) is 13.2. The number of carbonyl (C=O) groups excluding carboxylic acids is 1. The van der Waals surface area contributed by atoms with Gasteiger partial charge in [-0.15, -0.1) is 0 Å². The van der Waals surface area contributed by atoms with E-state index in [0.29, 0.717) is 0 Å². The van der Waals surface area contributed by atoms with Crippen molar-refractivity contribution in [2.45, 2.75) is 45.1 Å². The summed E-state index contributed by atoms with van der Waals surface area (Å²) < 4.78 is 0. The number of nitrogens with zero attached hydrogens (tertiary/aromatic N) is 1. The van der Waals surface area contributed by atoms with Gasteiger partial charge in [0.15, 0.2) is 0 Å². The third kappa shape index (κ3) is 4.57. The number of aromatic nitrogens is 2. The first-order valence-electron chi connectivity index (χ1n) is 9.26. The highest BCUT2D eigenvalue weighted by molar-refractivity contribution is 5.87. The number of nitrogens with one attached hydrogen (secondary N) is 2. The van der Waals surface area contributed by atoms with E-state index in [-0.39, 0.29) is 24.2 Å². The van der Waals surface area contributed by atoms with Crippen LogP contribution in [0, 0.1) is 0 Å². The fourth-order valence-electron chi connectivity index (χ4n) is 3.22. The van der Waals surface area contributed by atoms with Gasteiger partial charge >= 0.3 is 5.97 Å². The number of carboxylic acid groups (broad SMARTS) is 1. The average Bonchev–Trinajstić information content (AvgIpc) is 3.03. The minimum absolute atomic E-state index is 0.00739. The molecule has 1 aromatic carbocycles. The Balaban J connectivity index is 1.76. The highest BCUT2D eigenvalue weighted by atomic mass is 16.4. The highest BCUT2D eigenvalue weighted by Crippen LogP contribution is 2.25. The number of carbonyl (C=O) groups is 2. The molecule has 28 heavy (non-hydrogen) atoms. The number of hydrogen-bond donors (Lipinski definition) is 3. The van der Waals surface area contributed by atoms with Crippen LogP contribution >= 0.6 is 0 Å². The van der Waals surface area contributed by atoms with E-state index in [4.69, 9.17) is 0 Å². The van der Waals surface area contributed by atoms with Gasteiger partial charge in [-0.25, -0.2) is 4.98 Å². The molecule has 3 aromatic rings. The van der Waals surface area contributed by atoms with E-state index < -0.39 is 12.0 Å². The lowest BCUT2D eigenvalue weighted by Crippen LogP contribution is -2.31. The minimum atomic E-state index is -0.957. The van der Waals surface area contributed by atoms with Crippen LogP contribution in [-0.4, -0.2) is 27.0 Å². The Bertz CT molecular complexity index is 984. The Morgan fingerprint density at radius 3 is 2.54 bits per heavy atom. The maximum absolute atomic E-state index is 12.6. The summed E-state index contributed by atoms with van der Waals surface area (Å²) in [5, 5.41) is 13.0. The predicted molar refractivity (Wildman–Crippen MR) is 108 cm³/mol. The van der Waals surface area contributed by atoms with Crippen molar-refractivity contribution in [2.24, 2.45) is 0 Å². The number of hydrogen-bond acceptors (Lipinski definition) is 3. The second-order valence-electron chi connectivity index (χ2n) is 7.98. The van der Waals surface area contributed by atoms with Crippen LogP contribution < -0.4 is 5.32 Å². The molecule has 0 aliphatic rings.